The summed E-state index contributed by atoms with van der Waals surface area (Å²) >= 11 is 0. The molecule has 1 aliphatic heterocycles. The first kappa shape index (κ1) is 24.6. The van der Waals surface area contributed by atoms with Crippen LogP contribution in [-0.2, 0) is 20.0 Å². The van der Waals surface area contributed by atoms with E-state index in [0.29, 0.717) is 16.5 Å². The highest BCUT2D eigenvalue weighted by molar-refractivity contribution is 5.96. The van der Waals surface area contributed by atoms with Crippen LogP contribution >= 0.6 is 0 Å². The number of hydrogen-bond donors (Lipinski definition) is 1. The molecule has 0 bridgehead atoms. The van der Waals surface area contributed by atoms with Crippen LogP contribution in [-0.4, -0.2) is 28.5 Å². The van der Waals surface area contributed by atoms with E-state index in [9.17, 15) is 9.59 Å². The van der Waals surface area contributed by atoms with E-state index < -0.39 is 0 Å². The van der Waals surface area contributed by atoms with Crippen LogP contribution in [0.5, 0.6) is 0 Å². The third-order valence-electron chi connectivity index (χ3n) is 8.21. The molecule has 1 saturated heterocycles. The Morgan fingerprint density at radius 3 is 2.66 bits per heavy atom. The highest BCUT2D eigenvalue weighted by Crippen LogP contribution is 2.31. The quantitative estimate of drug-likeness (QED) is 0.362. The number of amides is 1. The molecule has 5 heteroatoms. The van der Waals surface area contributed by atoms with Gasteiger partial charge in [0.1, 0.15) is 0 Å². The van der Waals surface area contributed by atoms with E-state index >= 15 is 0 Å². The van der Waals surface area contributed by atoms with Crippen molar-refractivity contribution < 1.29 is 4.79 Å². The molecule has 0 unspecified atom stereocenters. The number of rotatable bonds is 5. The van der Waals surface area contributed by atoms with Gasteiger partial charge in [0.2, 0.25) is 0 Å². The molecule has 3 aromatic carbocycles. The van der Waals surface area contributed by atoms with Crippen LogP contribution in [0.15, 0.2) is 77.7 Å². The van der Waals surface area contributed by atoms with Gasteiger partial charge in [-0.15, -0.1) is 0 Å². The number of aryl methyl sites for hydroxylation is 2. The summed E-state index contributed by atoms with van der Waals surface area (Å²) in [5.41, 5.74) is 6.80. The maximum absolute atomic E-state index is 13.4. The molecule has 0 radical (unpaired) electrons. The fourth-order valence-electron chi connectivity index (χ4n) is 6.21. The van der Waals surface area contributed by atoms with E-state index in [0.717, 1.165) is 36.9 Å². The molecule has 2 heterocycles. The third-order valence-corrected chi connectivity index (χ3v) is 8.21. The number of pyridine rings is 1. The number of aromatic nitrogens is 1. The Kier molecular flexibility index (Phi) is 6.86. The fraction of sp³-hybridized carbons (Fsp3) is 0.333. The third kappa shape index (κ3) is 4.91. The summed E-state index contributed by atoms with van der Waals surface area (Å²) in [5, 5.41) is 3.98. The number of benzene rings is 3. The topological polar surface area (TPSA) is 54.3 Å². The lowest BCUT2D eigenvalue weighted by atomic mass is 9.86. The Bertz CT molecular complexity index is 1550. The van der Waals surface area contributed by atoms with E-state index in [4.69, 9.17) is 0 Å². The molecule has 1 aliphatic carbocycles. The van der Waals surface area contributed by atoms with Gasteiger partial charge in [-0.3, -0.25) is 14.5 Å². The minimum Gasteiger partial charge on any atom is -0.350 e. The van der Waals surface area contributed by atoms with Crippen LogP contribution in [0.4, 0.5) is 0 Å². The van der Waals surface area contributed by atoms with Gasteiger partial charge in [-0.1, -0.05) is 48.9 Å². The average Bonchev–Trinajstić information content (AvgIpc) is 2.95. The molecule has 194 valence electrons. The molecule has 1 amide bonds. The second-order valence-corrected chi connectivity index (χ2v) is 10.9. The zero-order valence-electron chi connectivity index (χ0n) is 22.1. The fourth-order valence-corrected chi connectivity index (χ4v) is 6.21. The summed E-state index contributed by atoms with van der Waals surface area (Å²) in [4.78, 5) is 29.2. The van der Waals surface area contributed by atoms with Crippen LogP contribution in [0.25, 0.3) is 22.0 Å². The van der Waals surface area contributed by atoms with Crippen molar-refractivity contribution in [1.29, 1.82) is 0 Å². The lowest BCUT2D eigenvalue weighted by Crippen LogP contribution is -2.31. The van der Waals surface area contributed by atoms with Crippen molar-refractivity contribution in [3.63, 3.8) is 0 Å². The number of hydrogen-bond acceptors (Lipinski definition) is 3. The van der Waals surface area contributed by atoms with Gasteiger partial charge < -0.3 is 9.88 Å². The number of fused-ring (bicyclic) bond motifs is 2. The molecular weight excluding hydrogens is 470 g/mol. The lowest BCUT2D eigenvalue weighted by Gasteiger charge is -2.29. The molecule has 2 aliphatic rings. The van der Waals surface area contributed by atoms with E-state index in [1.54, 1.807) is 0 Å². The van der Waals surface area contributed by atoms with Gasteiger partial charge in [0.25, 0.3) is 5.91 Å². The summed E-state index contributed by atoms with van der Waals surface area (Å²) < 4.78 is 1.97. The van der Waals surface area contributed by atoms with Gasteiger partial charge in [0, 0.05) is 36.3 Å². The number of piperidine rings is 1. The molecule has 1 N–H and O–H groups in total. The second-order valence-electron chi connectivity index (χ2n) is 10.9. The summed E-state index contributed by atoms with van der Waals surface area (Å²) in [6, 6.07) is 21.9. The normalized spacial score (nSPS) is 17.8. The number of likely N-dealkylation sites (tertiary alicyclic amines) is 1. The summed E-state index contributed by atoms with van der Waals surface area (Å²) in [5.74, 6) is -0.0975. The largest absolute Gasteiger partial charge is 0.350 e. The van der Waals surface area contributed by atoms with Crippen molar-refractivity contribution in [2.45, 2.75) is 51.1 Å². The van der Waals surface area contributed by atoms with Crippen LogP contribution in [0.2, 0.25) is 0 Å². The number of carbonyl (C=O) groups excluding carboxylic acids is 1. The smallest absolute Gasteiger partial charge is 0.251 e. The Labute approximate surface area is 224 Å². The van der Waals surface area contributed by atoms with Crippen LogP contribution < -0.4 is 10.7 Å². The zero-order chi connectivity index (χ0) is 26.1. The average molecular weight is 506 g/mol. The zero-order valence-corrected chi connectivity index (χ0v) is 22.1. The predicted molar refractivity (Wildman–Crippen MR) is 153 cm³/mol. The molecule has 6 rings (SSSR count). The molecule has 38 heavy (non-hydrogen) atoms. The number of nitrogens with one attached hydrogen (secondary N) is 1. The van der Waals surface area contributed by atoms with Crippen molar-refractivity contribution in [2.24, 2.45) is 7.05 Å². The molecule has 1 aromatic heterocycles. The van der Waals surface area contributed by atoms with E-state index in [1.807, 2.05) is 66.3 Å². The van der Waals surface area contributed by atoms with Gasteiger partial charge in [0.15, 0.2) is 5.43 Å². The molecule has 1 fully saturated rings. The van der Waals surface area contributed by atoms with Crippen molar-refractivity contribution in [3.05, 3.63) is 105 Å². The summed E-state index contributed by atoms with van der Waals surface area (Å²) in [7, 11) is 1.94. The number of carbonyl (C=O) groups is 1. The van der Waals surface area contributed by atoms with Crippen molar-refractivity contribution in [2.75, 3.05) is 13.1 Å². The highest BCUT2D eigenvalue weighted by Gasteiger charge is 2.23. The van der Waals surface area contributed by atoms with E-state index in [2.05, 4.69) is 28.4 Å². The Morgan fingerprint density at radius 1 is 0.947 bits per heavy atom. The maximum Gasteiger partial charge on any atom is 0.251 e. The summed E-state index contributed by atoms with van der Waals surface area (Å²) in [6.07, 6.45) is 8.89. The van der Waals surface area contributed by atoms with Crippen LogP contribution in [0.1, 0.15) is 65.2 Å². The van der Waals surface area contributed by atoms with Gasteiger partial charge >= 0.3 is 0 Å². The van der Waals surface area contributed by atoms with E-state index in [1.165, 1.54) is 49.0 Å². The predicted octanol–water partition coefficient (Wildman–Crippen LogP) is 6.00. The SMILES string of the molecule is Cn1cc(-c2cccc(C(=O)N[C@@H]3CCCc4cc(CN5CCCCC5)ccc43)c2)c(=O)c2ccccc21. The Balaban J connectivity index is 1.22. The first-order valence-electron chi connectivity index (χ1n) is 13.9. The van der Waals surface area contributed by atoms with Crippen LogP contribution in [0.3, 0.4) is 0 Å². The maximum atomic E-state index is 13.4. The molecule has 5 nitrogen and oxygen atoms in total. The van der Waals surface area contributed by atoms with Gasteiger partial charge in [-0.25, -0.2) is 0 Å². The molecule has 1 atom stereocenters. The lowest BCUT2D eigenvalue weighted by molar-refractivity contribution is 0.0933. The molecule has 4 aromatic rings. The molecular formula is C33H35N3O2. The van der Waals surface area contributed by atoms with Crippen molar-refractivity contribution in [3.8, 4) is 11.1 Å². The van der Waals surface area contributed by atoms with E-state index in [-0.39, 0.29) is 17.4 Å². The summed E-state index contributed by atoms with van der Waals surface area (Å²) in [6.45, 7) is 3.41. The highest BCUT2D eigenvalue weighted by atomic mass is 16.1. The van der Waals surface area contributed by atoms with Gasteiger partial charge in [0.05, 0.1) is 11.6 Å². The minimum atomic E-state index is -0.0975. The number of para-hydroxylation sites is 1. The Morgan fingerprint density at radius 2 is 1.79 bits per heavy atom. The van der Waals surface area contributed by atoms with Crippen molar-refractivity contribution in [1.82, 2.24) is 14.8 Å². The van der Waals surface area contributed by atoms with Crippen molar-refractivity contribution >= 4 is 16.8 Å². The molecule has 0 saturated carbocycles. The first-order valence-corrected chi connectivity index (χ1v) is 13.9. The standard InChI is InChI=1S/C33H35N3O2/c1-35-22-29(32(37)28-12-3-4-14-31(28)35)25-9-7-11-26(20-25)33(38)34-30-13-8-10-24-19-23(15-16-27(24)30)21-36-17-5-2-6-18-36/h3-4,7,9,11-12,14-16,19-20,22,30H,2,5-6,8,10,13,17-18,21H2,1H3,(H,34,38)/t30-/m1/s1. The minimum absolute atomic E-state index is 0.00693. The molecule has 0 spiro atoms. The first-order chi connectivity index (χ1) is 18.6. The number of nitrogens with zero attached hydrogens (tertiary/aromatic N) is 2. The Hall–Kier alpha value is -3.70. The van der Waals surface area contributed by atoms with Crippen LogP contribution in [0, 0.1) is 0 Å². The monoisotopic (exact) mass is 505 g/mol. The van der Waals surface area contributed by atoms with Gasteiger partial charge in [-0.2, -0.15) is 0 Å². The van der Waals surface area contributed by atoms with Gasteiger partial charge in [-0.05, 0) is 91.7 Å². The second kappa shape index (κ2) is 10.6.